The van der Waals surface area contributed by atoms with Crippen molar-refractivity contribution in [2.45, 2.75) is 148 Å². The Morgan fingerprint density at radius 3 is 1.45 bits per heavy atom. The van der Waals surface area contributed by atoms with E-state index >= 15 is 0 Å². The van der Waals surface area contributed by atoms with E-state index in [1.165, 1.54) is 129 Å². The van der Waals surface area contributed by atoms with E-state index in [9.17, 15) is 0 Å². The zero-order valence-electron chi connectivity index (χ0n) is 32.5. The number of rotatable bonds is 18. The van der Waals surface area contributed by atoms with Crippen molar-refractivity contribution in [3.8, 4) is 11.1 Å². The lowest BCUT2D eigenvalue weighted by Crippen LogP contribution is -2.41. The van der Waals surface area contributed by atoms with Crippen LogP contribution in [-0.2, 0) is 14.7 Å². The molecule has 0 amide bonds. The first-order chi connectivity index (χ1) is 24.7. The van der Waals surface area contributed by atoms with E-state index in [0.29, 0.717) is 0 Å². The zero-order valence-corrected chi connectivity index (χ0v) is 32.5. The standard InChI is InChI=1S/C47H62BNO2/c1-7-9-11-13-15-23-33-47(34-24-16-14-12-10-8-2)43-35-37(48-50-45(3,4)46(5,6)51-48)29-31-41(43)42-32-30-40(36-44(42)47)49(38-25-19-17-20-26-38)39-27-21-18-22-28-39/h17-22,25-32,35-36H,7-16,23-24,33-34H2,1-6H3. The maximum atomic E-state index is 6.65. The van der Waals surface area contributed by atoms with E-state index in [1.54, 1.807) is 0 Å². The second kappa shape index (κ2) is 16.6. The third kappa shape index (κ3) is 8.03. The largest absolute Gasteiger partial charge is 0.494 e. The fraction of sp³-hybridized carbons (Fsp3) is 0.489. The van der Waals surface area contributed by atoms with Crippen molar-refractivity contribution in [2.24, 2.45) is 0 Å². The van der Waals surface area contributed by atoms with Gasteiger partial charge in [0.2, 0.25) is 0 Å². The first-order valence-electron chi connectivity index (χ1n) is 20.3. The van der Waals surface area contributed by atoms with Gasteiger partial charge in [0.05, 0.1) is 11.2 Å². The van der Waals surface area contributed by atoms with E-state index in [4.69, 9.17) is 9.31 Å². The maximum Gasteiger partial charge on any atom is 0.494 e. The molecule has 2 aliphatic rings. The summed E-state index contributed by atoms with van der Waals surface area (Å²) in [6, 6.07) is 36.2. The molecule has 0 atom stereocenters. The van der Waals surface area contributed by atoms with Crippen LogP contribution >= 0.6 is 0 Å². The topological polar surface area (TPSA) is 21.7 Å². The highest BCUT2D eigenvalue weighted by Gasteiger charge is 2.52. The van der Waals surface area contributed by atoms with Gasteiger partial charge in [-0.05, 0) is 105 Å². The van der Waals surface area contributed by atoms with Gasteiger partial charge in [0.15, 0.2) is 0 Å². The van der Waals surface area contributed by atoms with E-state index in [2.05, 4.69) is 144 Å². The Kier molecular flexibility index (Phi) is 12.1. The molecular formula is C47H62BNO2. The molecule has 4 aromatic carbocycles. The molecule has 0 aromatic heterocycles. The monoisotopic (exact) mass is 683 g/mol. The molecule has 6 rings (SSSR count). The Bertz CT molecular complexity index is 1630. The number of benzene rings is 4. The average molecular weight is 684 g/mol. The molecule has 0 saturated carbocycles. The molecule has 3 nitrogen and oxygen atoms in total. The number of unbranched alkanes of at least 4 members (excludes halogenated alkanes) is 10. The fourth-order valence-electron chi connectivity index (χ4n) is 8.44. The van der Waals surface area contributed by atoms with Crippen LogP contribution in [0.4, 0.5) is 17.1 Å². The van der Waals surface area contributed by atoms with Gasteiger partial charge in [0, 0.05) is 22.5 Å². The molecule has 1 heterocycles. The summed E-state index contributed by atoms with van der Waals surface area (Å²) in [4.78, 5) is 2.43. The Labute approximate surface area is 310 Å². The summed E-state index contributed by atoms with van der Waals surface area (Å²) >= 11 is 0. The maximum absolute atomic E-state index is 6.65. The molecule has 0 unspecified atom stereocenters. The molecule has 51 heavy (non-hydrogen) atoms. The number of hydrogen-bond donors (Lipinski definition) is 0. The van der Waals surface area contributed by atoms with Crippen molar-refractivity contribution in [3.05, 3.63) is 108 Å². The zero-order chi connectivity index (χ0) is 35.9. The summed E-state index contributed by atoms with van der Waals surface area (Å²) in [7, 11) is -0.369. The van der Waals surface area contributed by atoms with Crippen molar-refractivity contribution in [1.29, 1.82) is 0 Å². The van der Waals surface area contributed by atoms with Crippen LogP contribution in [0, 0.1) is 0 Å². The summed E-state index contributed by atoms with van der Waals surface area (Å²) in [5.74, 6) is 0. The van der Waals surface area contributed by atoms with Gasteiger partial charge in [-0.2, -0.15) is 0 Å². The predicted octanol–water partition coefficient (Wildman–Crippen LogP) is 13.2. The number of anilines is 3. The molecule has 1 aliphatic carbocycles. The van der Waals surface area contributed by atoms with E-state index in [-0.39, 0.29) is 23.7 Å². The molecule has 4 aromatic rings. The quantitative estimate of drug-likeness (QED) is 0.0770. The lowest BCUT2D eigenvalue weighted by molar-refractivity contribution is 0.00578. The second-order valence-electron chi connectivity index (χ2n) is 16.2. The summed E-state index contributed by atoms with van der Waals surface area (Å²) in [6.45, 7) is 13.2. The van der Waals surface area contributed by atoms with Gasteiger partial charge < -0.3 is 14.2 Å². The molecule has 0 radical (unpaired) electrons. The van der Waals surface area contributed by atoms with Crippen molar-refractivity contribution in [2.75, 3.05) is 4.90 Å². The van der Waals surface area contributed by atoms with Crippen LogP contribution in [0.5, 0.6) is 0 Å². The smallest absolute Gasteiger partial charge is 0.399 e. The van der Waals surface area contributed by atoms with Crippen molar-refractivity contribution in [3.63, 3.8) is 0 Å². The minimum atomic E-state index is -0.374. The van der Waals surface area contributed by atoms with Gasteiger partial charge in [-0.1, -0.05) is 152 Å². The Morgan fingerprint density at radius 2 is 0.941 bits per heavy atom. The second-order valence-corrected chi connectivity index (χ2v) is 16.2. The highest BCUT2D eigenvalue weighted by Crippen LogP contribution is 2.55. The lowest BCUT2D eigenvalue weighted by atomic mass is 9.68. The molecule has 0 N–H and O–H groups in total. The highest BCUT2D eigenvalue weighted by molar-refractivity contribution is 6.62. The Balaban J connectivity index is 1.45. The van der Waals surface area contributed by atoms with Crippen LogP contribution in [0.3, 0.4) is 0 Å². The van der Waals surface area contributed by atoms with Crippen LogP contribution in [0.25, 0.3) is 11.1 Å². The number of fused-ring (bicyclic) bond motifs is 3. The Hall–Kier alpha value is -3.34. The van der Waals surface area contributed by atoms with Crippen LogP contribution in [0.2, 0.25) is 0 Å². The van der Waals surface area contributed by atoms with Crippen molar-refractivity contribution < 1.29 is 9.31 Å². The molecule has 4 heteroatoms. The number of hydrogen-bond acceptors (Lipinski definition) is 3. The van der Waals surface area contributed by atoms with Crippen LogP contribution in [0.15, 0.2) is 97.1 Å². The van der Waals surface area contributed by atoms with Crippen LogP contribution < -0.4 is 10.4 Å². The van der Waals surface area contributed by atoms with Gasteiger partial charge in [-0.25, -0.2) is 0 Å². The minimum Gasteiger partial charge on any atom is -0.399 e. The summed E-state index contributed by atoms with van der Waals surface area (Å²) in [5.41, 5.74) is 9.68. The van der Waals surface area contributed by atoms with Gasteiger partial charge in [-0.3, -0.25) is 0 Å². The predicted molar refractivity (Wildman–Crippen MR) is 219 cm³/mol. The fourth-order valence-corrected chi connectivity index (χ4v) is 8.44. The third-order valence-corrected chi connectivity index (χ3v) is 12.1. The van der Waals surface area contributed by atoms with Crippen LogP contribution in [-0.4, -0.2) is 18.3 Å². The molecule has 1 aliphatic heterocycles. The molecule has 0 spiro atoms. The Morgan fingerprint density at radius 1 is 0.490 bits per heavy atom. The van der Waals surface area contributed by atoms with Gasteiger partial charge in [0.25, 0.3) is 0 Å². The van der Waals surface area contributed by atoms with Crippen molar-refractivity contribution >= 4 is 29.6 Å². The van der Waals surface area contributed by atoms with E-state index in [0.717, 1.165) is 5.46 Å². The lowest BCUT2D eigenvalue weighted by Gasteiger charge is -2.34. The van der Waals surface area contributed by atoms with E-state index < -0.39 is 0 Å². The summed E-state index contributed by atoms with van der Waals surface area (Å²) in [6.07, 6.45) is 18.0. The molecule has 1 saturated heterocycles. The summed E-state index contributed by atoms with van der Waals surface area (Å²) < 4.78 is 13.3. The van der Waals surface area contributed by atoms with E-state index in [1.807, 2.05) is 0 Å². The first kappa shape index (κ1) is 37.4. The first-order valence-corrected chi connectivity index (χ1v) is 20.3. The SMILES string of the molecule is CCCCCCCCC1(CCCCCCCC)c2cc(B3OC(C)(C)C(C)(C)O3)ccc2-c2ccc(N(c3ccccc3)c3ccccc3)cc21. The van der Waals surface area contributed by atoms with Crippen molar-refractivity contribution in [1.82, 2.24) is 0 Å². The number of nitrogens with zero attached hydrogens (tertiary/aromatic N) is 1. The molecule has 270 valence electrons. The summed E-state index contributed by atoms with van der Waals surface area (Å²) in [5, 5.41) is 0. The number of para-hydroxylation sites is 2. The normalized spacial score (nSPS) is 16.6. The molecular weight excluding hydrogens is 621 g/mol. The van der Waals surface area contributed by atoms with Gasteiger partial charge in [0.1, 0.15) is 0 Å². The highest BCUT2D eigenvalue weighted by atomic mass is 16.7. The van der Waals surface area contributed by atoms with Gasteiger partial charge in [-0.15, -0.1) is 0 Å². The third-order valence-electron chi connectivity index (χ3n) is 12.1. The van der Waals surface area contributed by atoms with Crippen LogP contribution in [0.1, 0.15) is 143 Å². The molecule has 1 fully saturated rings. The minimum absolute atomic E-state index is 0.0606. The molecule has 0 bridgehead atoms. The van der Waals surface area contributed by atoms with Gasteiger partial charge >= 0.3 is 7.12 Å². The average Bonchev–Trinajstić information content (AvgIpc) is 3.53.